The van der Waals surface area contributed by atoms with Crippen LogP contribution in [-0.4, -0.2) is 15.9 Å². The molecule has 13 heavy (non-hydrogen) atoms. The maximum absolute atomic E-state index is 10.5. The molecule has 4 nitrogen and oxygen atoms in total. The minimum Gasteiger partial charge on any atom is -0.366 e. The monoisotopic (exact) mass is 179 g/mol. The molecule has 1 amide bonds. The number of imidazole rings is 1. The summed E-state index contributed by atoms with van der Waals surface area (Å²) >= 11 is 0. The topological polar surface area (TPSA) is 71.8 Å². The Hall–Kier alpha value is -1.58. The van der Waals surface area contributed by atoms with Crippen LogP contribution in [0.25, 0.3) is 6.08 Å². The van der Waals surface area contributed by atoms with Crippen LogP contribution in [0.15, 0.2) is 6.08 Å². The number of aromatic nitrogens is 2. The standard InChI is InChI=1S/C9H13N3O/c1-3-9-11-6(2)7(12-9)4-5-8(10)13/h4-5H,3H2,1-2H3,(H2,10,13)(H,11,12). The van der Waals surface area contributed by atoms with E-state index < -0.39 is 5.91 Å². The molecule has 0 aliphatic heterocycles. The summed E-state index contributed by atoms with van der Waals surface area (Å²) in [6, 6.07) is 0. The van der Waals surface area contributed by atoms with Gasteiger partial charge in [-0.3, -0.25) is 4.79 Å². The third kappa shape index (κ3) is 2.43. The van der Waals surface area contributed by atoms with Crippen molar-refractivity contribution < 1.29 is 4.79 Å². The lowest BCUT2D eigenvalue weighted by Crippen LogP contribution is -2.05. The Bertz CT molecular complexity index is 339. The zero-order valence-electron chi connectivity index (χ0n) is 7.79. The Balaban J connectivity index is 2.88. The van der Waals surface area contributed by atoms with E-state index in [1.54, 1.807) is 6.08 Å². The quantitative estimate of drug-likeness (QED) is 0.673. The summed E-state index contributed by atoms with van der Waals surface area (Å²) in [5, 5.41) is 0. The van der Waals surface area contributed by atoms with Crippen molar-refractivity contribution in [3.05, 3.63) is 23.3 Å². The molecule has 3 N–H and O–H groups in total. The molecule has 0 radical (unpaired) electrons. The molecule has 0 fully saturated rings. The summed E-state index contributed by atoms with van der Waals surface area (Å²) in [5.41, 5.74) is 6.69. The fourth-order valence-corrected chi connectivity index (χ4v) is 1.03. The molecule has 0 aliphatic rings. The number of primary amides is 1. The van der Waals surface area contributed by atoms with Gasteiger partial charge < -0.3 is 10.7 Å². The first kappa shape index (κ1) is 9.51. The van der Waals surface area contributed by atoms with E-state index in [4.69, 9.17) is 5.73 Å². The second-order valence-electron chi connectivity index (χ2n) is 2.78. The van der Waals surface area contributed by atoms with Gasteiger partial charge in [0.15, 0.2) is 0 Å². The number of carbonyl (C=O) groups is 1. The molecule has 0 bridgehead atoms. The van der Waals surface area contributed by atoms with Crippen molar-refractivity contribution in [2.75, 3.05) is 0 Å². The molecule has 0 unspecified atom stereocenters. The molecular weight excluding hydrogens is 166 g/mol. The van der Waals surface area contributed by atoms with Crippen LogP contribution in [-0.2, 0) is 11.2 Å². The van der Waals surface area contributed by atoms with Crippen LogP contribution in [0.1, 0.15) is 24.1 Å². The van der Waals surface area contributed by atoms with Crippen molar-refractivity contribution in [1.82, 2.24) is 9.97 Å². The molecule has 0 saturated heterocycles. The van der Waals surface area contributed by atoms with E-state index in [0.29, 0.717) is 0 Å². The van der Waals surface area contributed by atoms with Crippen molar-refractivity contribution in [2.24, 2.45) is 5.73 Å². The fourth-order valence-electron chi connectivity index (χ4n) is 1.03. The first-order valence-electron chi connectivity index (χ1n) is 4.16. The number of hydrogen-bond donors (Lipinski definition) is 2. The minimum absolute atomic E-state index is 0.458. The van der Waals surface area contributed by atoms with Crippen LogP contribution in [0.5, 0.6) is 0 Å². The van der Waals surface area contributed by atoms with Crippen LogP contribution in [0.4, 0.5) is 0 Å². The first-order chi connectivity index (χ1) is 6.13. The lowest BCUT2D eigenvalue weighted by Gasteiger charge is -1.85. The van der Waals surface area contributed by atoms with Gasteiger partial charge in [0, 0.05) is 18.2 Å². The van der Waals surface area contributed by atoms with Gasteiger partial charge in [-0.25, -0.2) is 4.98 Å². The third-order valence-corrected chi connectivity index (χ3v) is 1.71. The number of H-pyrrole nitrogens is 1. The van der Waals surface area contributed by atoms with Crippen molar-refractivity contribution in [2.45, 2.75) is 20.3 Å². The lowest BCUT2D eigenvalue weighted by atomic mass is 10.3. The van der Waals surface area contributed by atoms with E-state index in [0.717, 1.165) is 23.6 Å². The summed E-state index contributed by atoms with van der Waals surface area (Å²) in [6.07, 6.45) is 3.78. The van der Waals surface area contributed by atoms with Gasteiger partial charge in [-0.05, 0) is 13.0 Å². The average molecular weight is 179 g/mol. The number of rotatable bonds is 3. The number of hydrogen-bond acceptors (Lipinski definition) is 2. The maximum atomic E-state index is 10.5. The molecule has 0 saturated carbocycles. The van der Waals surface area contributed by atoms with Gasteiger partial charge in [-0.15, -0.1) is 0 Å². The molecule has 1 heterocycles. The molecule has 0 aliphatic carbocycles. The largest absolute Gasteiger partial charge is 0.366 e. The van der Waals surface area contributed by atoms with Crippen molar-refractivity contribution in [3.8, 4) is 0 Å². The van der Waals surface area contributed by atoms with E-state index in [9.17, 15) is 4.79 Å². The van der Waals surface area contributed by atoms with Gasteiger partial charge in [0.2, 0.25) is 5.91 Å². The van der Waals surface area contributed by atoms with Crippen molar-refractivity contribution in [3.63, 3.8) is 0 Å². The molecule has 1 aromatic heterocycles. The molecule has 4 heteroatoms. The Morgan fingerprint density at radius 2 is 2.38 bits per heavy atom. The van der Waals surface area contributed by atoms with Gasteiger partial charge in [-0.2, -0.15) is 0 Å². The predicted octanol–water partition coefficient (Wildman–Crippen LogP) is 0.779. The Morgan fingerprint density at radius 3 is 2.85 bits per heavy atom. The van der Waals surface area contributed by atoms with Crippen LogP contribution < -0.4 is 5.73 Å². The lowest BCUT2D eigenvalue weighted by molar-refractivity contribution is -0.113. The van der Waals surface area contributed by atoms with Crippen LogP contribution >= 0.6 is 0 Å². The number of nitrogens with zero attached hydrogens (tertiary/aromatic N) is 1. The Kier molecular flexibility index (Phi) is 2.84. The summed E-state index contributed by atoms with van der Waals surface area (Å²) < 4.78 is 0. The van der Waals surface area contributed by atoms with Gasteiger partial charge >= 0.3 is 0 Å². The zero-order chi connectivity index (χ0) is 9.84. The minimum atomic E-state index is -0.458. The summed E-state index contributed by atoms with van der Waals surface area (Å²) in [7, 11) is 0. The van der Waals surface area contributed by atoms with E-state index in [1.807, 2.05) is 13.8 Å². The van der Waals surface area contributed by atoms with E-state index in [-0.39, 0.29) is 0 Å². The molecule has 1 aromatic rings. The van der Waals surface area contributed by atoms with E-state index >= 15 is 0 Å². The summed E-state index contributed by atoms with van der Waals surface area (Å²) in [5.74, 6) is 0.460. The number of nitrogens with one attached hydrogen (secondary N) is 1. The highest BCUT2D eigenvalue weighted by molar-refractivity contribution is 5.90. The van der Waals surface area contributed by atoms with Crippen LogP contribution in [0, 0.1) is 6.92 Å². The third-order valence-electron chi connectivity index (χ3n) is 1.71. The second kappa shape index (κ2) is 3.89. The van der Waals surface area contributed by atoms with Gasteiger partial charge in [-0.1, -0.05) is 6.92 Å². The van der Waals surface area contributed by atoms with Crippen molar-refractivity contribution in [1.29, 1.82) is 0 Å². The highest BCUT2D eigenvalue weighted by Gasteiger charge is 2.01. The van der Waals surface area contributed by atoms with E-state index in [2.05, 4.69) is 9.97 Å². The SMILES string of the molecule is CCc1nc(C=CC(N)=O)c(C)[nH]1. The number of aryl methyl sites for hydroxylation is 2. The van der Waals surface area contributed by atoms with Gasteiger partial charge in [0.05, 0.1) is 5.69 Å². The predicted molar refractivity (Wildman–Crippen MR) is 50.9 cm³/mol. The average Bonchev–Trinajstić information content (AvgIpc) is 2.43. The number of carbonyl (C=O) groups excluding carboxylic acids is 1. The first-order valence-corrected chi connectivity index (χ1v) is 4.16. The zero-order valence-corrected chi connectivity index (χ0v) is 7.79. The second-order valence-corrected chi connectivity index (χ2v) is 2.78. The van der Waals surface area contributed by atoms with Crippen molar-refractivity contribution >= 4 is 12.0 Å². The van der Waals surface area contributed by atoms with Crippen LogP contribution in [0.2, 0.25) is 0 Å². The highest BCUT2D eigenvalue weighted by Crippen LogP contribution is 2.06. The van der Waals surface area contributed by atoms with E-state index in [1.165, 1.54) is 6.08 Å². The number of aromatic amines is 1. The number of nitrogens with two attached hydrogens (primary N) is 1. The van der Waals surface area contributed by atoms with Gasteiger partial charge in [0.1, 0.15) is 5.82 Å². The molecular formula is C9H13N3O. The normalized spacial score (nSPS) is 10.9. The van der Waals surface area contributed by atoms with Crippen LogP contribution in [0.3, 0.4) is 0 Å². The maximum Gasteiger partial charge on any atom is 0.241 e. The molecule has 0 spiro atoms. The Labute approximate surface area is 76.9 Å². The molecule has 70 valence electrons. The number of amides is 1. The van der Waals surface area contributed by atoms with Gasteiger partial charge in [0.25, 0.3) is 0 Å². The molecule has 0 aromatic carbocycles. The smallest absolute Gasteiger partial charge is 0.241 e. The molecule has 1 rings (SSSR count). The Morgan fingerprint density at radius 1 is 1.69 bits per heavy atom. The summed E-state index contributed by atoms with van der Waals surface area (Å²) in [4.78, 5) is 17.8. The molecule has 0 atom stereocenters. The highest BCUT2D eigenvalue weighted by atomic mass is 16.1. The summed E-state index contributed by atoms with van der Waals surface area (Å²) in [6.45, 7) is 3.92. The fraction of sp³-hybridized carbons (Fsp3) is 0.333.